The highest BCUT2D eigenvalue weighted by Gasteiger charge is 2.05. The van der Waals surface area contributed by atoms with E-state index in [9.17, 15) is 0 Å². The van der Waals surface area contributed by atoms with Crippen LogP contribution in [0.15, 0.2) is 42.0 Å². The molecule has 0 spiro atoms. The highest BCUT2D eigenvalue weighted by molar-refractivity contribution is 5.66. The van der Waals surface area contributed by atoms with Crippen LogP contribution in [-0.2, 0) is 0 Å². The zero-order chi connectivity index (χ0) is 11.5. The molecule has 0 amide bonds. The van der Waals surface area contributed by atoms with Crippen LogP contribution in [0.5, 0.6) is 0 Å². The standard InChI is InChI=1S/C14H14N2/c1-10-3-2-4-12(10)7-5-11-6-8-13(15)14(16)9-11/h2-4,6,8-10H,15-16H2,1H3. The molecule has 1 aromatic carbocycles. The summed E-state index contributed by atoms with van der Waals surface area (Å²) in [7, 11) is 0. The van der Waals surface area contributed by atoms with E-state index in [-0.39, 0.29) is 0 Å². The van der Waals surface area contributed by atoms with E-state index in [2.05, 4.69) is 24.8 Å². The van der Waals surface area contributed by atoms with Crippen LogP contribution in [-0.4, -0.2) is 0 Å². The number of anilines is 2. The monoisotopic (exact) mass is 210 g/mol. The van der Waals surface area contributed by atoms with Gasteiger partial charge >= 0.3 is 0 Å². The Bertz CT molecular complexity index is 527. The summed E-state index contributed by atoms with van der Waals surface area (Å²) in [6.45, 7) is 2.13. The Morgan fingerprint density at radius 2 is 1.94 bits per heavy atom. The van der Waals surface area contributed by atoms with Crippen LogP contribution < -0.4 is 11.5 Å². The van der Waals surface area contributed by atoms with Crippen molar-refractivity contribution in [3.63, 3.8) is 0 Å². The van der Waals surface area contributed by atoms with Crippen molar-refractivity contribution in [3.05, 3.63) is 47.6 Å². The molecule has 1 aliphatic rings. The van der Waals surface area contributed by atoms with Gasteiger partial charge in [-0.25, -0.2) is 0 Å². The maximum Gasteiger partial charge on any atom is 0.0560 e. The first-order valence-corrected chi connectivity index (χ1v) is 5.22. The lowest BCUT2D eigenvalue weighted by Crippen LogP contribution is -1.94. The van der Waals surface area contributed by atoms with Crippen molar-refractivity contribution in [2.45, 2.75) is 6.92 Å². The second kappa shape index (κ2) is 4.16. The van der Waals surface area contributed by atoms with Gasteiger partial charge in [0.1, 0.15) is 0 Å². The van der Waals surface area contributed by atoms with Gasteiger partial charge < -0.3 is 11.5 Å². The molecule has 1 aromatic rings. The van der Waals surface area contributed by atoms with Crippen LogP contribution >= 0.6 is 0 Å². The Morgan fingerprint density at radius 1 is 1.12 bits per heavy atom. The van der Waals surface area contributed by atoms with Crippen molar-refractivity contribution in [3.8, 4) is 11.8 Å². The molecular formula is C14H14N2. The molecule has 0 bridgehead atoms. The lowest BCUT2D eigenvalue weighted by molar-refractivity contribution is 0.919. The van der Waals surface area contributed by atoms with Crippen molar-refractivity contribution in [2.75, 3.05) is 11.5 Å². The second-order valence-corrected chi connectivity index (χ2v) is 3.89. The lowest BCUT2D eigenvalue weighted by atomic mass is 10.1. The normalized spacial score (nSPS) is 17.8. The molecule has 4 N–H and O–H groups in total. The average Bonchev–Trinajstić information content (AvgIpc) is 2.66. The van der Waals surface area contributed by atoms with E-state index in [0.29, 0.717) is 17.3 Å². The molecule has 2 heteroatoms. The number of allylic oxidation sites excluding steroid dienone is 4. The first-order valence-electron chi connectivity index (χ1n) is 5.22. The third kappa shape index (κ3) is 2.09. The molecule has 16 heavy (non-hydrogen) atoms. The molecule has 0 saturated heterocycles. The van der Waals surface area contributed by atoms with Gasteiger partial charge in [0.25, 0.3) is 0 Å². The summed E-state index contributed by atoms with van der Waals surface area (Å²) >= 11 is 0. The highest BCUT2D eigenvalue weighted by Crippen LogP contribution is 2.18. The zero-order valence-corrected chi connectivity index (χ0v) is 9.20. The summed E-state index contributed by atoms with van der Waals surface area (Å²) < 4.78 is 0. The molecule has 1 aliphatic carbocycles. The number of nitrogen functional groups attached to an aromatic ring is 2. The number of benzene rings is 1. The molecule has 2 rings (SSSR count). The van der Waals surface area contributed by atoms with Crippen LogP contribution in [0.25, 0.3) is 0 Å². The minimum atomic E-state index is 0.415. The van der Waals surface area contributed by atoms with Crippen molar-refractivity contribution in [1.29, 1.82) is 0 Å². The summed E-state index contributed by atoms with van der Waals surface area (Å²) in [6, 6.07) is 5.46. The Balaban J connectivity index is 2.22. The fourth-order valence-corrected chi connectivity index (χ4v) is 1.53. The zero-order valence-electron chi connectivity index (χ0n) is 9.20. The molecule has 0 radical (unpaired) electrons. The van der Waals surface area contributed by atoms with Crippen LogP contribution in [0.1, 0.15) is 12.5 Å². The molecule has 0 aromatic heterocycles. The minimum absolute atomic E-state index is 0.415. The van der Waals surface area contributed by atoms with Gasteiger partial charge in [0.05, 0.1) is 11.4 Å². The van der Waals surface area contributed by atoms with Gasteiger partial charge in [-0.15, -0.1) is 0 Å². The maximum atomic E-state index is 5.71. The first kappa shape index (κ1) is 10.4. The van der Waals surface area contributed by atoms with Gasteiger partial charge in [0.2, 0.25) is 0 Å². The topological polar surface area (TPSA) is 52.0 Å². The largest absolute Gasteiger partial charge is 0.397 e. The Hall–Kier alpha value is -2.14. The molecule has 0 aliphatic heterocycles. The summed E-state index contributed by atoms with van der Waals surface area (Å²) in [5.41, 5.74) is 14.6. The Morgan fingerprint density at radius 3 is 2.56 bits per heavy atom. The van der Waals surface area contributed by atoms with E-state index < -0.39 is 0 Å². The molecule has 1 atom stereocenters. The average molecular weight is 210 g/mol. The van der Waals surface area contributed by atoms with Crippen LogP contribution in [0.2, 0.25) is 0 Å². The molecule has 0 heterocycles. The SMILES string of the molecule is CC1C=CC=C1C#Cc1ccc(N)c(N)c1. The molecule has 80 valence electrons. The molecule has 2 nitrogen and oxygen atoms in total. The fraction of sp³-hybridized carbons (Fsp3) is 0.143. The van der Waals surface area contributed by atoms with E-state index >= 15 is 0 Å². The summed E-state index contributed by atoms with van der Waals surface area (Å²) in [4.78, 5) is 0. The van der Waals surface area contributed by atoms with E-state index in [1.807, 2.05) is 18.2 Å². The van der Waals surface area contributed by atoms with E-state index in [0.717, 1.165) is 11.1 Å². The van der Waals surface area contributed by atoms with Crippen molar-refractivity contribution in [2.24, 2.45) is 5.92 Å². The van der Waals surface area contributed by atoms with E-state index in [4.69, 9.17) is 11.5 Å². The lowest BCUT2D eigenvalue weighted by Gasteiger charge is -2.00. The van der Waals surface area contributed by atoms with Gasteiger partial charge in [-0.3, -0.25) is 0 Å². The Labute approximate surface area is 95.6 Å². The van der Waals surface area contributed by atoms with Crippen molar-refractivity contribution < 1.29 is 0 Å². The predicted molar refractivity (Wildman–Crippen MR) is 68.5 cm³/mol. The molecule has 1 unspecified atom stereocenters. The van der Waals surface area contributed by atoms with Crippen molar-refractivity contribution >= 4 is 11.4 Å². The summed E-state index contributed by atoms with van der Waals surface area (Å²) in [5, 5.41) is 0. The maximum absolute atomic E-state index is 5.71. The third-order valence-electron chi connectivity index (χ3n) is 2.60. The quantitative estimate of drug-likeness (QED) is 0.510. The summed E-state index contributed by atoms with van der Waals surface area (Å²) in [6.07, 6.45) is 6.20. The highest BCUT2D eigenvalue weighted by atomic mass is 14.7. The van der Waals surface area contributed by atoms with Crippen LogP contribution in [0, 0.1) is 17.8 Å². The van der Waals surface area contributed by atoms with E-state index in [1.54, 1.807) is 12.1 Å². The van der Waals surface area contributed by atoms with Gasteiger partial charge in [0.15, 0.2) is 0 Å². The van der Waals surface area contributed by atoms with Crippen LogP contribution in [0.3, 0.4) is 0 Å². The predicted octanol–water partition coefficient (Wildman–Crippen LogP) is 2.33. The van der Waals surface area contributed by atoms with Gasteiger partial charge in [-0.2, -0.15) is 0 Å². The molecule has 0 saturated carbocycles. The number of hydrogen-bond donors (Lipinski definition) is 2. The number of rotatable bonds is 0. The van der Waals surface area contributed by atoms with Crippen molar-refractivity contribution in [1.82, 2.24) is 0 Å². The second-order valence-electron chi connectivity index (χ2n) is 3.89. The number of hydrogen-bond acceptors (Lipinski definition) is 2. The fourth-order valence-electron chi connectivity index (χ4n) is 1.53. The first-order chi connectivity index (χ1) is 7.66. The van der Waals surface area contributed by atoms with Gasteiger partial charge in [-0.05, 0) is 18.2 Å². The van der Waals surface area contributed by atoms with Gasteiger partial charge in [0, 0.05) is 17.1 Å². The minimum Gasteiger partial charge on any atom is -0.397 e. The summed E-state index contributed by atoms with van der Waals surface area (Å²) in [5.74, 6) is 6.65. The third-order valence-corrected chi connectivity index (χ3v) is 2.60. The van der Waals surface area contributed by atoms with Gasteiger partial charge in [-0.1, -0.05) is 37.0 Å². The van der Waals surface area contributed by atoms with Crippen LogP contribution in [0.4, 0.5) is 11.4 Å². The molecule has 0 fully saturated rings. The smallest absolute Gasteiger partial charge is 0.0560 e. The van der Waals surface area contributed by atoms with E-state index in [1.165, 1.54) is 0 Å². The Kier molecular flexibility index (Phi) is 2.70. The number of nitrogens with two attached hydrogens (primary N) is 2. The molecular weight excluding hydrogens is 196 g/mol.